The molecule has 0 spiro atoms. The number of nitrogens with one attached hydrogen (secondary N) is 1. The first-order chi connectivity index (χ1) is 9.38. The first kappa shape index (κ1) is 14.6. The molecule has 0 radical (unpaired) electrons. The summed E-state index contributed by atoms with van der Waals surface area (Å²) in [6, 6.07) is 2.43. The lowest BCUT2D eigenvalue weighted by molar-refractivity contribution is 0.836. The maximum atomic E-state index is 4.66. The van der Waals surface area contributed by atoms with Gasteiger partial charge in [0, 0.05) is 17.4 Å². The molecule has 0 bridgehead atoms. The van der Waals surface area contributed by atoms with Crippen LogP contribution < -0.4 is 5.32 Å². The number of imidazole rings is 1. The molecule has 0 aliphatic carbocycles. The third kappa shape index (κ3) is 3.00. The van der Waals surface area contributed by atoms with E-state index in [-0.39, 0.29) is 0 Å². The van der Waals surface area contributed by atoms with Crippen LogP contribution in [0.15, 0.2) is 12.1 Å². The van der Waals surface area contributed by atoms with Gasteiger partial charge in [0.15, 0.2) is 0 Å². The largest absolute Gasteiger partial charge is 0.367 e. The Bertz CT molecular complexity index is 635. The minimum Gasteiger partial charge on any atom is -0.367 e. The predicted molar refractivity (Wildman–Crippen MR) is 85.1 cm³/mol. The highest BCUT2D eigenvalue weighted by Crippen LogP contribution is 2.22. The first-order valence-corrected chi connectivity index (χ1v) is 7.20. The van der Waals surface area contributed by atoms with Gasteiger partial charge >= 0.3 is 0 Å². The normalized spacial score (nSPS) is 12.2. The fourth-order valence-corrected chi connectivity index (χ4v) is 2.20. The Morgan fingerprint density at radius 2 is 1.85 bits per heavy atom. The Morgan fingerprint density at radius 3 is 2.45 bits per heavy atom. The molecule has 20 heavy (non-hydrogen) atoms. The van der Waals surface area contributed by atoms with Crippen molar-refractivity contribution in [3.8, 4) is 0 Å². The topological polar surface area (TPSA) is 42.2 Å². The maximum absolute atomic E-state index is 4.66. The number of nitrogens with zero attached hydrogens (tertiary/aromatic N) is 3. The summed E-state index contributed by atoms with van der Waals surface area (Å²) >= 11 is 0. The van der Waals surface area contributed by atoms with Gasteiger partial charge in [-0.15, -0.1) is 0 Å². The van der Waals surface area contributed by atoms with Crippen molar-refractivity contribution >= 4 is 17.7 Å². The average molecular weight is 272 g/mol. The third-order valence-corrected chi connectivity index (χ3v) is 3.00. The lowest BCUT2D eigenvalue weighted by Crippen LogP contribution is -2.13. The number of aryl methyl sites for hydroxylation is 2. The van der Waals surface area contributed by atoms with Crippen molar-refractivity contribution in [1.29, 1.82) is 0 Å². The highest BCUT2D eigenvalue weighted by atomic mass is 15.2. The van der Waals surface area contributed by atoms with Crippen LogP contribution >= 0.6 is 0 Å². The van der Waals surface area contributed by atoms with E-state index < -0.39 is 0 Å². The molecule has 2 aromatic rings. The fraction of sp³-hybridized carbons (Fsp3) is 0.500. The van der Waals surface area contributed by atoms with Crippen molar-refractivity contribution in [2.24, 2.45) is 5.92 Å². The van der Waals surface area contributed by atoms with E-state index in [4.69, 9.17) is 0 Å². The zero-order chi connectivity index (χ0) is 14.9. The zero-order valence-corrected chi connectivity index (χ0v) is 13.2. The minimum atomic E-state index is 0.349. The van der Waals surface area contributed by atoms with Crippen molar-refractivity contribution in [3.05, 3.63) is 29.2 Å². The molecule has 0 unspecified atom stereocenters. The summed E-state index contributed by atoms with van der Waals surface area (Å²) in [4.78, 5) is 9.19. The number of rotatable bonds is 4. The van der Waals surface area contributed by atoms with Gasteiger partial charge in [0.05, 0.1) is 0 Å². The molecule has 2 rings (SSSR count). The molecule has 4 heteroatoms. The van der Waals surface area contributed by atoms with E-state index in [1.54, 1.807) is 0 Å². The van der Waals surface area contributed by atoms with Gasteiger partial charge in [-0.3, -0.25) is 4.40 Å². The third-order valence-electron chi connectivity index (χ3n) is 3.00. The number of fused-ring (bicyclic) bond motifs is 1. The molecule has 108 valence electrons. The quantitative estimate of drug-likeness (QED) is 0.919. The average Bonchev–Trinajstić information content (AvgIpc) is 2.63. The number of aromatic nitrogens is 3. The smallest absolute Gasteiger partial charge is 0.236 e. The van der Waals surface area contributed by atoms with Crippen LogP contribution in [0.1, 0.15) is 44.8 Å². The van der Waals surface area contributed by atoms with Crippen LogP contribution in [-0.2, 0) is 0 Å². The van der Waals surface area contributed by atoms with Gasteiger partial charge in [0.1, 0.15) is 11.5 Å². The van der Waals surface area contributed by atoms with Gasteiger partial charge in [-0.1, -0.05) is 19.9 Å². The molecule has 0 saturated heterocycles. The van der Waals surface area contributed by atoms with Gasteiger partial charge in [0.2, 0.25) is 5.78 Å². The highest BCUT2D eigenvalue weighted by molar-refractivity contribution is 5.66. The highest BCUT2D eigenvalue weighted by Gasteiger charge is 2.14. The molecule has 0 aliphatic heterocycles. The van der Waals surface area contributed by atoms with Crippen LogP contribution in [-0.4, -0.2) is 20.4 Å². The summed E-state index contributed by atoms with van der Waals surface area (Å²) in [5.41, 5.74) is 3.09. The van der Waals surface area contributed by atoms with E-state index in [9.17, 15) is 0 Å². The molecular weight excluding hydrogens is 248 g/mol. The van der Waals surface area contributed by atoms with Crippen LogP contribution in [0.25, 0.3) is 11.9 Å². The predicted octanol–water partition coefficient (Wildman–Crippen LogP) is 3.84. The van der Waals surface area contributed by atoms with Gasteiger partial charge in [-0.2, -0.15) is 0 Å². The molecule has 1 N–H and O–H groups in total. The van der Waals surface area contributed by atoms with Gasteiger partial charge in [-0.05, 0) is 45.8 Å². The maximum Gasteiger partial charge on any atom is 0.236 e. The van der Waals surface area contributed by atoms with Gasteiger partial charge in [0.25, 0.3) is 0 Å². The molecule has 2 aromatic heterocycles. The molecule has 0 saturated carbocycles. The molecule has 0 aliphatic rings. The summed E-state index contributed by atoms with van der Waals surface area (Å²) in [6.07, 6.45) is 4.24. The van der Waals surface area contributed by atoms with E-state index in [0.717, 1.165) is 28.7 Å². The molecule has 0 amide bonds. The Balaban J connectivity index is 2.63. The molecule has 2 heterocycles. The second-order valence-electron chi connectivity index (χ2n) is 5.92. The van der Waals surface area contributed by atoms with E-state index >= 15 is 0 Å². The van der Waals surface area contributed by atoms with E-state index in [1.165, 1.54) is 0 Å². The number of hydrogen-bond donors (Lipinski definition) is 1. The fourth-order valence-electron chi connectivity index (χ4n) is 2.20. The first-order valence-electron chi connectivity index (χ1n) is 7.20. The molecule has 0 fully saturated rings. The Morgan fingerprint density at radius 1 is 1.15 bits per heavy atom. The Hall–Kier alpha value is -1.84. The van der Waals surface area contributed by atoms with Crippen LogP contribution in [0, 0.1) is 19.8 Å². The van der Waals surface area contributed by atoms with Crippen molar-refractivity contribution in [1.82, 2.24) is 14.4 Å². The summed E-state index contributed by atoms with van der Waals surface area (Å²) < 4.78 is 2.09. The SMILES string of the molecule is Cc1cc(C)n2c(NC(C)C)c(/C=C/C(C)C)nc2n1. The summed E-state index contributed by atoms with van der Waals surface area (Å²) in [6.45, 7) is 12.7. The van der Waals surface area contributed by atoms with Crippen LogP contribution in [0.4, 0.5) is 5.82 Å². The minimum absolute atomic E-state index is 0.349. The molecular formula is C16H24N4. The Kier molecular flexibility index (Phi) is 4.12. The Labute approximate surface area is 120 Å². The molecule has 4 nitrogen and oxygen atoms in total. The second-order valence-corrected chi connectivity index (χ2v) is 5.92. The van der Waals surface area contributed by atoms with Crippen LogP contribution in [0.2, 0.25) is 0 Å². The standard InChI is InChI=1S/C16H24N4/c1-10(2)7-8-14-15(17-11(3)4)20-13(6)9-12(5)18-16(20)19-14/h7-11,17H,1-6H3/b8-7+. The summed E-state index contributed by atoms with van der Waals surface area (Å²) in [7, 11) is 0. The molecule has 0 atom stereocenters. The van der Waals surface area contributed by atoms with Crippen LogP contribution in [0.5, 0.6) is 0 Å². The van der Waals surface area contributed by atoms with Crippen molar-refractivity contribution in [3.63, 3.8) is 0 Å². The number of allylic oxidation sites excluding steroid dienone is 1. The lowest BCUT2D eigenvalue weighted by Gasteiger charge is -2.12. The lowest BCUT2D eigenvalue weighted by atomic mass is 10.2. The molecule has 0 aromatic carbocycles. The number of hydrogen-bond acceptors (Lipinski definition) is 3. The van der Waals surface area contributed by atoms with E-state index in [1.807, 2.05) is 6.92 Å². The zero-order valence-electron chi connectivity index (χ0n) is 13.2. The number of anilines is 1. The van der Waals surface area contributed by atoms with E-state index in [2.05, 4.69) is 72.5 Å². The van der Waals surface area contributed by atoms with Crippen molar-refractivity contribution in [2.75, 3.05) is 5.32 Å². The van der Waals surface area contributed by atoms with Gasteiger partial charge in [-0.25, -0.2) is 9.97 Å². The van der Waals surface area contributed by atoms with Crippen molar-refractivity contribution in [2.45, 2.75) is 47.6 Å². The summed E-state index contributed by atoms with van der Waals surface area (Å²) in [5.74, 6) is 2.29. The second kappa shape index (κ2) is 5.65. The van der Waals surface area contributed by atoms with E-state index in [0.29, 0.717) is 12.0 Å². The summed E-state index contributed by atoms with van der Waals surface area (Å²) in [5, 5.41) is 3.49. The van der Waals surface area contributed by atoms with Crippen LogP contribution in [0.3, 0.4) is 0 Å². The van der Waals surface area contributed by atoms with Gasteiger partial charge < -0.3 is 5.32 Å². The van der Waals surface area contributed by atoms with Crippen molar-refractivity contribution < 1.29 is 0 Å². The monoisotopic (exact) mass is 272 g/mol.